The van der Waals surface area contributed by atoms with Crippen LogP contribution in [0, 0.1) is 0 Å². The summed E-state index contributed by atoms with van der Waals surface area (Å²) in [4.78, 5) is 23.5. The zero-order valence-corrected chi connectivity index (χ0v) is 62.0. The highest BCUT2D eigenvalue weighted by molar-refractivity contribution is 7.47. The minimum atomic E-state index is -4.36. The number of nitrogens with zero attached hydrogens (tertiary/aromatic N) is 1. The van der Waals surface area contributed by atoms with Crippen molar-refractivity contribution in [3.05, 3.63) is 85.1 Å². The van der Waals surface area contributed by atoms with Gasteiger partial charge in [-0.3, -0.25) is 13.8 Å². The number of aliphatic hydroxyl groups excluding tert-OH is 1. The van der Waals surface area contributed by atoms with Gasteiger partial charge in [0.2, 0.25) is 5.91 Å². The number of likely N-dealkylation sites (N-methyl/N-ethyl adjacent to an activating group) is 1. The fraction of sp³-hybridized carbons (Fsp3) is 0.817. The van der Waals surface area contributed by atoms with Crippen LogP contribution in [-0.4, -0.2) is 73.4 Å². The molecule has 0 radical (unpaired) electrons. The second-order valence-corrected chi connectivity index (χ2v) is 29.5. The third kappa shape index (κ3) is 74.9. The summed E-state index contributed by atoms with van der Waals surface area (Å²) in [5.74, 6) is -0.171. The molecule has 0 aliphatic rings. The van der Waals surface area contributed by atoms with E-state index < -0.39 is 20.0 Å². The van der Waals surface area contributed by atoms with E-state index in [9.17, 15) is 19.4 Å². The number of hydrogen-bond acceptors (Lipinski definition) is 5. The van der Waals surface area contributed by atoms with Crippen LogP contribution in [0.5, 0.6) is 0 Å². The Morgan fingerprint density at radius 1 is 0.385 bits per heavy atom. The number of allylic oxidation sites excluding steroid dienone is 13. The molecule has 8 nitrogen and oxygen atoms in total. The van der Waals surface area contributed by atoms with Crippen molar-refractivity contribution in [2.24, 2.45) is 0 Å². The monoisotopic (exact) mass is 1290 g/mol. The first kappa shape index (κ1) is 88.7. The maximum absolute atomic E-state index is 13.1. The van der Waals surface area contributed by atoms with Gasteiger partial charge in [-0.15, -0.1) is 0 Å². The molecular weight excluding hydrogens is 1140 g/mol. The van der Waals surface area contributed by atoms with Gasteiger partial charge in [-0.25, -0.2) is 4.57 Å². The van der Waals surface area contributed by atoms with E-state index >= 15 is 0 Å². The molecule has 0 aliphatic carbocycles. The zero-order chi connectivity index (χ0) is 66.2. The molecule has 9 heteroatoms. The second-order valence-electron chi connectivity index (χ2n) is 28.1. The van der Waals surface area contributed by atoms with Crippen molar-refractivity contribution >= 4 is 13.7 Å². The highest BCUT2D eigenvalue weighted by Gasteiger charge is 2.28. The zero-order valence-electron chi connectivity index (χ0n) is 61.1. The van der Waals surface area contributed by atoms with Crippen LogP contribution in [0.4, 0.5) is 0 Å². The van der Waals surface area contributed by atoms with Crippen molar-refractivity contribution in [3.8, 4) is 0 Å². The van der Waals surface area contributed by atoms with E-state index in [1.807, 2.05) is 27.2 Å². The smallest absolute Gasteiger partial charge is 0.387 e. The molecule has 91 heavy (non-hydrogen) atoms. The van der Waals surface area contributed by atoms with Gasteiger partial charge in [-0.05, 0) is 70.6 Å². The Hall–Kier alpha value is -2.32. The number of phosphoric ester groups is 1. The quantitative estimate of drug-likeness (QED) is 0.0243. The van der Waals surface area contributed by atoms with Crippen molar-refractivity contribution in [3.63, 3.8) is 0 Å². The van der Waals surface area contributed by atoms with Crippen LogP contribution in [0.3, 0.4) is 0 Å². The maximum Gasteiger partial charge on any atom is 0.472 e. The molecule has 0 aromatic heterocycles. The van der Waals surface area contributed by atoms with E-state index in [2.05, 4.69) is 92.1 Å². The Bertz CT molecular complexity index is 1760. The van der Waals surface area contributed by atoms with E-state index in [0.717, 1.165) is 77.0 Å². The topological polar surface area (TPSA) is 105 Å². The Balaban J connectivity index is 3.97. The summed E-state index contributed by atoms with van der Waals surface area (Å²) >= 11 is 0. The predicted molar refractivity (Wildman–Crippen MR) is 401 cm³/mol. The van der Waals surface area contributed by atoms with Crippen LogP contribution in [0.25, 0.3) is 0 Å². The molecule has 3 atom stereocenters. The predicted octanol–water partition coefficient (Wildman–Crippen LogP) is 25.8. The molecule has 0 aromatic rings. The largest absolute Gasteiger partial charge is 0.472 e. The summed E-state index contributed by atoms with van der Waals surface area (Å²) < 4.78 is 23.9. The number of carbonyl (C=O) groups excluding carboxylic acids is 1. The molecule has 3 unspecified atom stereocenters. The molecule has 0 saturated heterocycles. The summed E-state index contributed by atoms with van der Waals surface area (Å²) in [6.45, 7) is 4.75. The average molecular weight is 1300 g/mol. The first-order valence-corrected chi connectivity index (χ1v) is 41.0. The Morgan fingerprint density at radius 3 is 0.967 bits per heavy atom. The van der Waals surface area contributed by atoms with E-state index in [1.54, 1.807) is 6.08 Å². The van der Waals surface area contributed by atoms with Gasteiger partial charge in [0.15, 0.2) is 0 Å². The van der Waals surface area contributed by atoms with Crippen LogP contribution in [0.2, 0.25) is 0 Å². The summed E-state index contributed by atoms with van der Waals surface area (Å²) in [6.07, 6.45) is 103. The van der Waals surface area contributed by atoms with Crippen LogP contribution in [0.15, 0.2) is 85.1 Å². The number of quaternary nitrogens is 1. The molecule has 0 fully saturated rings. The lowest BCUT2D eigenvalue weighted by Gasteiger charge is -2.25. The van der Waals surface area contributed by atoms with Crippen molar-refractivity contribution in [1.29, 1.82) is 0 Å². The summed E-state index contributed by atoms with van der Waals surface area (Å²) in [6, 6.07) is -0.850. The molecule has 532 valence electrons. The third-order valence-corrected chi connectivity index (χ3v) is 18.9. The highest BCUT2D eigenvalue weighted by Crippen LogP contribution is 2.43. The average Bonchev–Trinajstić information content (AvgIpc) is 3.58. The molecule has 0 spiro atoms. The fourth-order valence-corrected chi connectivity index (χ4v) is 12.6. The molecule has 3 N–H and O–H groups in total. The van der Waals surface area contributed by atoms with Gasteiger partial charge < -0.3 is 19.8 Å². The number of nitrogens with one attached hydrogen (secondary N) is 1. The number of carbonyl (C=O) groups is 1. The van der Waals surface area contributed by atoms with Crippen LogP contribution >= 0.6 is 7.82 Å². The maximum atomic E-state index is 13.1. The number of hydrogen-bond donors (Lipinski definition) is 3. The first-order chi connectivity index (χ1) is 44.5. The Labute approximate surface area is 567 Å². The molecule has 0 bridgehead atoms. The molecule has 0 aromatic carbocycles. The Morgan fingerprint density at radius 2 is 0.659 bits per heavy atom. The number of phosphoric acid groups is 1. The minimum absolute atomic E-state index is 0.0615. The number of rotatable bonds is 73. The standard InChI is InChI=1S/C82H153N2O6P/c1-6-8-10-12-14-16-18-20-22-24-26-28-30-32-34-36-38-39-40-41-42-43-44-45-46-48-50-52-54-56-58-60-62-64-66-68-70-72-74-76-82(86)83-80(79-90-91(87,88)89-78-77-84(3,4)5)81(85)75-73-71-69-67-65-63-61-59-57-55-53-51-49-47-37-35-33-31-29-27-25-23-21-19-17-15-13-11-9-7-2/h8,10,14,16,20,22,26,28,32,34,38-39,73,75,80-81,85H,6-7,9,11-13,15,17-19,21,23-25,27,29-31,33,35-37,40-72,74,76-79H2,1-5H3,(H-,83,86,87,88)/p+1/b10-8-,16-14-,22-20-,28-26-,34-32-,39-38-,75-73+. The fourth-order valence-electron chi connectivity index (χ4n) is 11.8. The van der Waals surface area contributed by atoms with E-state index in [-0.39, 0.29) is 19.1 Å². The van der Waals surface area contributed by atoms with Gasteiger partial charge in [0.1, 0.15) is 13.2 Å². The molecule has 0 aliphatic heterocycles. The normalized spacial score (nSPS) is 14.0. The lowest BCUT2D eigenvalue weighted by molar-refractivity contribution is -0.870. The molecule has 0 heterocycles. The van der Waals surface area contributed by atoms with E-state index in [4.69, 9.17) is 9.05 Å². The lowest BCUT2D eigenvalue weighted by Crippen LogP contribution is -2.45. The van der Waals surface area contributed by atoms with Crippen molar-refractivity contribution < 1.29 is 32.9 Å². The van der Waals surface area contributed by atoms with Crippen molar-refractivity contribution in [2.75, 3.05) is 40.9 Å². The first-order valence-electron chi connectivity index (χ1n) is 39.5. The van der Waals surface area contributed by atoms with Crippen molar-refractivity contribution in [1.82, 2.24) is 5.32 Å². The van der Waals surface area contributed by atoms with Crippen LogP contribution < -0.4 is 5.32 Å². The van der Waals surface area contributed by atoms with Gasteiger partial charge in [-0.2, -0.15) is 0 Å². The minimum Gasteiger partial charge on any atom is -0.387 e. The summed E-state index contributed by atoms with van der Waals surface area (Å²) in [5.41, 5.74) is 0. The number of amides is 1. The van der Waals surface area contributed by atoms with E-state index in [1.165, 1.54) is 283 Å². The second kappa shape index (κ2) is 72.0. The van der Waals surface area contributed by atoms with Gasteiger partial charge in [0.25, 0.3) is 0 Å². The highest BCUT2D eigenvalue weighted by atomic mass is 31.2. The van der Waals surface area contributed by atoms with Gasteiger partial charge in [0, 0.05) is 6.42 Å². The molecule has 0 saturated carbocycles. The van der Waals surface area contributed by atoms with Crippen LogP contribution in [-0.2, 0) is 18.4 Å². The van der Waals surface area contributed by atoms with Gasteiger partial charge in [-0.1, -0.05) is 388 Å². The van der Waals surface area contributed by atoms with Gasteiger partial charge in [0.05, 0.1) is 39.9 Å². The lowest BCUT2D eigenvalue weighted by atomic mass is 10.0. The molecule has 0 rings (SSSR count). The SMILES string of the molecule is CC/C=C\C/C=C\C/C=C\C/C=C\C/C=C\C/C=C\CCCCCCCCCCCCCCCCCCCCCCC(=O)NC(COP(=O)(O)OCC[N+](C)(C)C)C(O)/C=C/CCCCCCCCCCCCCCCCCCCCCCCCCCCCCC. The van der Waals surface area contributed by atoms with Crippen molar-refractivity contribution in [2.45, 2.75) is 392 Å². The number of unbranched alkanes of at least 4 members (excludes halogenated alkanes) is 48. The molecular formula is C82H154N2O6P+. The summed E-state index contributed by atoms with van der Waals surface area (Å²) in [5, 5.41) is 14.1. The summed E-state index contributed by atoms with van der Waals surface area (Å²) in [7, 11) is 1.59. The van der Waals surface area contributed by atoms with Gasteiger partial charge >= 0.3 is 7.82 Å². The third-order valence-electron chi connectivity index (χ3n) is 17.9. The Kier molecular flexibility index (Phi) is 70.1. The van der Waals surface area contributed by atoms with Crippen LogP contribution in [0.1, 0.15) is 380 Å². The number of aliphatic hydroxyl groups is 1. The van der Waals surface area contributed by atoms with E-state index in [0.29, 0.717) is 17.4 Å². The molecule has 1 amide bonds.